The van der Waals surface area contributed by atoms with Gasteiger partial charge in [-0.15, -0.1) is 0 Å². The molecule has 0 aliphatic carbocycles. The Morgan fingerprint density at radius 3 is 2.64 bits per heavy atom. The van der Waals surface area contributed by atoms with Gasteiger partial charge in [-0.25, -0.2) is 14.4 Å². The van der Waals surface area contributed by atoms with E-state index in [2.05, 4.69) is 19.9 Å². The van der Waals surface area contributed by atoms with Crippen LogP contribution >= 0.6 is 0 Å². The third kappa shape index (κ3) is 3.47. The van der Waals surface area contributed by atoms with Gasteiger partial charge in [-0.3, -0.25) is 9.88 Å². The zero-order valence-corrected chi connectivity index (χ0v) is 13.1. The molecule has 5 heteroatoms. The second-order valence-corrected chi connectivity index (χ2v) is 6.01. The highest BCUT2D eigenvalue weighted by molar-refractivity contribution is 5.18. The first-order valence-corrected chi connectivity index (χ1v) is 7.74. The van der Waals surface area contributed by atoms with E-state index in [9.17, 15) is 4.39 Å². The molecule has 116 valence electrons. The van der Waals surface area contributed by atoms with Crippen LogP contribution in [0.3, 0.4) is 0 Å². The monoisotopic (exact) mass is 300 g/mol. The Bertz CT molecular complexity index is 651. The Morgan fingerprint density at radius 1 is 1.18 bits per heavy atom. The number of aromatic nitrogens is 3. The number of hydrogen-bond donors (Lipinski definition) is 0. The van der Waals surface area contributed by atoms with Gasteiger partial charge in [0.15, 0.2) is 0 Å². The van der Waals surface area contributed by atoms with Crippen LogP contribution in [0.2, 0.25) is 0 Å². The van der Waals surface area contributed by atoms with E-state index in [0.717, 1.165) is 49.6 Å². The first-order chi connectivity index (χ1) is 10.6. The van der Waals surface area contributed by atoms with Crippen molar-refractivity contribution in [3.63, 3.8) is 0 Å². The zero-order chi connectivity index (χ0) is 15.5. The fraction of sp³-hybridized carbons (Fsp3) is 0.471. The van der Waals surface area contributed by atoms with E-state index in [1.54, 1.807) is 12.3 Å². The normalized spacial score (nSPS) is 16.9. The van der Waals surface area contributed by atoms with Gasteiger partial charge in [-0.2, -0.15) is 0 Å². The molecule has 0 atom stereocenters. The van der Waals surface area contributed by atoms with Gasteiger partial charge in [0.1, 0.15) is 11.6 Å². The van der Waals surface area contributed by atoms with E-state index in [-0.39, 0.29) is 5.82 Å². The SMILES string of the molecule is Cc1ncc(CN2CCC(c3cncc(F)c3)CC2)c(C)n1. The van der Waals surface area contributed by atoms with Crippen molar-refractivity contribution in [1.29, 1.82) is 0 Å². The van der Waals surface area contributed by atoms with Gasteiger partial charge < -0.3 is 0 Å². The van der Waals surface area contributed by atoms with Crippen molar-refractivity contribution in [1.82, 2.24) is 19.9 Å². The van der Waals surface area contributed by atoms with E-state index in [1.165, 1.54) is 11.8 Å². The number of hydrogen-bond acceptors (Lipinski definition) is 4. The highest BCUT2D eigenvalue weighted by atomic mass is 19.1. The minimum absolute atomic E-state index is 0.243. The largest absolute Gasteiger partial charge is 0.299 e. The molecule has 3 heterocycles. The summed E-state index contributed by atoms with van der Waals surface area (Å²) in [6.07, 6.45) is 7.06. The third-order valence-electron chi connectivity index (χ3n) is 4.38. The lowest BCUT2D eigenvalue weighted by molar-refractivity contribution is 0.203. The molecule has 1 fully saturated rings. The van der Waals surface area contributed by atoms with Crippen molar-refractivity contribution in [2.45, 2.75) is 39.2 Å². The molecule has 0 N–H and O–H groups in total. The van der Waals surface area contributed by atoms with E-state index in [4.69, 9.17) is 0 Å². The van der Waals surface area contributed by atoms with Crippen molar-refractivity contribution < 1.29 is 4.39 Å². The number of halogens is 1. The Hall–Kier alpha value is -1.88. The number of piperidine rings is 1. The number of likely N-dealkylation sites (tertiary alicyclic amines) is 1. The van der Waals surface area contributed by atoms with Crippen molar-refractivity contribution in [2.75, 3.05) is 13.1 Å². The first kappa shape index (κ1) is 15.0. The second kappa shape index (κ2) is 6.48. The van der Waals surface area contributed by atoms with Crippen LogP contribution < -0.4 is 0 Å². The Morgan fingerprint density at radius 2 is 1.95 bits per heavy atom. The lowest BCUT2D eigenvalue weighted by atomic mass is 9.90. The Kier molecular flexibility index (Phi) is 4.43. The molecule has 22 heavy (non-hydrogen) atoms. The van der Waals surface area contributed by atoms with Crippen LogP contribution in [0.15, 0.2) is 24.7 Å². The van der Waals surface area contributed by atoms with Gasteiger partial charge in [0.05, 0.1) is 6.20 Å². The van der Waals surface area contributed by atoms with Crippen molar-refractivity contribution in [3.05, 3.63) is 53.1 Å². The topological polar surface area (TPSA) is 41.9 Å². The van der Waals surface area contributed by atoms with Crippen molar-refractivity contribution in [2.24, 2.45) is 0 Å². The smallest absolute Gasteiger partial charge is 0.141 e. The molecule has 2 aromatic heterocycles. The van der Waals surface area contributed by atoms with Gasteiger partial charge in [0, 0.05) is 30.2 Å². The molecule has 0 radical (unpaired) electrons. The Balaban J connectivity index is 1.60. The fourth-order valence-electron chi connectivity index (χ4n) is 3.08. The highest BCUT2D eigenvalue weighted by Crippen LogP contribution is 2.28. The predicted molar refractivity (Wildman–Crippen MR) is 83.0 cm³/mol. The molecule has 1 aliphatic heterocycles. The van der Waals surface area contributed by atoms with E-state index < -0.39 is 0 Å². The molecule has 1 saturated heterocycles. The summed E-state index contributed by atoms with van der Waals surface area (Å²) in [5.41, 5.74) is 3.27. The molecular formula is C17H21FN4. The summed E-state index contributed by atoms with van der Waals surface area (Å²) >= 11 is 0. The molecular weight excluding hydrogens is 279 g/mol. The minimum atomic E-state index is -0.243. The van der Waals surface area contributed by atoms with Gasteiger partial charge >= 0.3 is 0 Å². The summed E-state index contributed by atoms with van der Waals surface area (Å²) in [5.74, 6) is 0.987. The van der Waals surface area contributed by atoms with Crippen LogP contribution in [0.1, 0.15) is 41.4 Å². The van der Waals surface area contributed by atoms with Crippen LogP contribution in [0.25, 0.3) is 0 Å². The molecule has 0 saturated carbocycles. The van der Waals surface area contributed by atoms with Crippen LogP contribution in [-0.2, 0) is 6.54 Å². The van der Waals surface area contributed by atoms with Crippen LogP contribution in [0.5, 0.6) is 0 Å². The Labute approximate surface area is 130 Å². The van der Waals surface area contributed by atoms with Gasteiger partial charge in [-0.05, 0) is 57.3 Å². The van der Waals surface area contributed by atoms with E-state index in [0.29, 0.717) is 5.92 Å². The molecule has 0 unspecified atom stereocenters. The highest BCUT2D eigenvalue weighted by Gasteiger charge is 2.21. The molecule has 3 rings (SSSR count). The van der Waals surface area contributed by atoms with Crippen molar-refractivity contribution in [3.8, 4) is 0 Å². The number of aryl methyl sites for hydroxylation is 2. The molecule has 4 nitrogen and oxygen atoms in total. The summed E-state index contributed by atoms with van der Waals surface area (Å²) in [4.78, 5) is 15.1. The summed E-state index contributed by atoms with van der Waals surface area (Å²) in [7, 11) is 0. The lowest BCUT2D eigenvalue weighted by Gasteiger charge is -2.32. The first-order valence-electron chi connectivity index (χ1n) is 7.74. The van der Waals surface area contributed by atoms with Crippen molar-refractivity contribution >= 4 is 0 Å². The molecule has 1 aliphatic rings. The van der Waals surface area contributed by atoms with Crippen LogP contribution in [0.4, 0.5) is 4.39 Å². The van der Waals surface area contributed by atoms with Gasteiger partial charge in [0.2, 0.25) is 0 Å². The molecule has 2 aromatic rings. The summed E-state index contributed by atoms with van der Waals surface area (Å²) in [6, 6.07) is 1.62. The maximum Gasteiger partial charge on any atom is 0.141 e. The minimum Gasteiger partial charge on any atom is -0.299 e. The van der Waals surface area contributed by atoms with E-state index in [1.807, 2.05) is 20.0 Å². The average Bonchev–Trinajstić information content (AvgIpc) is 2.51. The number of rotatable bonds is 3. The molecule has 0 aromatic carbocycles. The molecule has 0 spiro atoms. The maximum atomic E-state index is 13.3. The van der Waals surface area contributed by atoms with Crippen LogP contribution in [-0.4, -0.2) is 32.9 Å². The summed E-state index contributed by atoms with van der Waals surface area (Å²) in [6.45, 7) is 6.85. The average molecular weight is 300 g/mol. The number of pyridine rings is 1. The number of nitrogens with zero attached hydrogens (tertiary/aromatic N) is 4. The third-order valence-corrected chi connectivity index (χ3v) is 4.38. The second-order valence-electron chi connectivity index (χ2n) is 6.01. The lowest BCUT2D eigenvalue weighted by Crippen LogP contribution is -2.32. The standard InChI is InChI=1S/C17H21FN4/c1-12-16(9-20-13(2)21-12)11-22-5-3-14(4-6-22)15-7-17(18)10-19-8-15/h7-10,14H,3-6,11H2,1-2H3. The fourth-order valence-corrected chi connectivity index (χ4v) is 3.08. The zero-order valence-electron chi connectivity index (χ0n) is 13.1. The quantitative estimate of drug-likeness (QED) is 0.874. The van der Waals surface area contributed by atoms with Gasteiger partial charge in [-0.1, -0.05) is 0 Å². The summed E-state index contributed by atoms with van der Waals surface area (Å²) in [5, 5.41) is 0. The summed E-state index contributed by atoms with van der Waals surface area (Å²) < 4.78 is 13.3. The maximum absolute atomic E-state index is 13.3. The van der Waals surface area contributed by atoms with Crippen LogP contribution in [0, 0.1) is 19.7 Å². The van der Waals surface area contributed by atoms with Gasteiger partial charge in [0.25, 0.3) is 0 Å². The molecule has 0 bridgehead atoms. The predicted octanol–water partition coefficient (Wildman–Crippen LogP) is 3.01. The van der Waals surface area contributed by atoms with E-state index >= 15 is 0 Å². The molecule has 0 amide bonds.